The molecule has 0 spiro atoms. The molecule has 0 aromatic heterocycles. The maximum atomic E-state index is 11.1. The van der Waals surface area contributed by atoms with Crippen molar-refractivity contribution in [3.8, 4) is 0 Å². The Kier molecular flexibility index (Phi) is 3.69. The Morgan fingerprint density at radius 1 is 1.47 bits per heavy atom. The number of nitrogens with zero attached hydrogens (tertiary/aromatic N) is 2. The molecular weight excluding hydrogens is 236 g/mol. The highest BCUT2D eigenvalue weighted by molar-refractivity contribution is 6.31. The normalized spacial score (nSPS) is 20.0. The van der Waals surface area contributed by atoms with Crippen LogP contribution in [0.4, 0.5) is 5.69 Å². The van der Waals surface area contributed by atoms with Gasteiger partial charge >= 0.3 is 0 Å². The van der Waals surface area contributed by atoms with Crippen molar-refractivity contribution in [1.82, 2.24) is 4.90 Å². The molecular formula is C13H17ClN2O. The molecule has 4 heteroatoms. The van der Waals surface area contributed by atoms with E-state index < -0.39 is 0 Å². The first-order valence-electron chi connectivity index (χ1n) is 5.78. The Bertz CT molecular complexity index is 420. The Morgan fingerprint density at radius 2 is 2.24 bits per heavy atom. The maximum Gasteiger partial charge on any atom is 0.152 e. The van der Waals surface area contributed by atoms with Crippen LogP contribution >= 0.6 is 11.6 Å². The van der Waals surface area contributed by atoms with Crippen molar-refractivity contribution in [3.63, 3.8) is 0 Å². The van der Waals surface area contributed by atoms with E-state index in [4.69, 9.17) is 11.6 Å². The van der Waals surface area contributed by atoms with E-state index in [1.807, 2.05) is 12.1 Å². The van der Waals surface area contributed by atoms with Crippen molar-refractivity contribution >= 4 is 23.6 Å². The van der Waals surface area contributed by atoms with Crippen molar-refractivity contribution in [3.05, 3.63) is 28.8 Å². The lowest BCUT2D eigenvalue weighted by atomic mass is 10.2. The van der Waals surface area contributed by atoms with E-state index >= 15 is 0 Å². The lowest BCUT2D eigenvalue weighted by Gasteiger charge is -2.23. The molecule has 1 aromatic carbocycles. The third-order valence-electron chi connectivity index (χ3n) is 3.35. The molecule has 1 aliphatic heterocycles. The zero-order valence-corrected chi connectivity index (χ0v) is 10.9. The number of halogens is 1. The van der Waals surface area contributed by atoms with Gasteiger partial charge in [0.25, 0.3) is 0 Å². The number of carbonyl (C=O) groups excluding carboxylic acids is 1. The first kappa shape index (κ1) is 12.4. The summed E-state index contributed by atoms with van der Waals surface area (Å²) in [5.41, 5.74) is 1.67. The third kappa shape index (κ3) is 2.61. The molecule has 1 saturated heterocycles. The van der Waals surface area contributed by atoms with Crippen LogP contribution in [0.25, 0.3) is 0 Å². The Morgan fingerprint density at radius 3 is 2.82 bits per heavy atom. The number of benzene rings is 1. The SMILES string of the molecule is CN(C)C1CCN(c2ccc(Cl)cc2C=O)C1. The van der Waals surface area contributed by atoms with Gasteiger partial charge in [-0.3, -0.25) is 4.79 Å². The summed E-state index contributed by atoms with van der Waals surface area (Å²) in [5, 5.41) is 0.610. The van der Waals surface area contributed by atoms with Gasteiger partial charge in [-0.15, -0.1) is 0 Å². The van der Waals surface area contributed by atoms with E-state index in [1.54, 1.807) is 6.07 Å². The molecule has 1 aromatic rings. The molecule has 1 fully saturated rings. The van der Waals surface area contributed by atoms with Gasteiger partial charge in [0.2, 0.25) is 0 Å². The highest BCUT2D eigenvalue weighted by atomic mass is 35.5. The fraction of sp³-hybridized carbons (Fsp3) is 0.462. The smallest absolute Gasteiger partial charge is 0.152 e. The monoisotopic (exact) mass is 252 g/mol. The first-order chi connectivity index (χ1) is 8.11. The minimum atomic E-state index is 0.560. The third-order valence-corrected chi connectivity index (χ3v) is 3.59. The first-order valence-corrected chi connectivity index (χ1v) is 6.15. The van der Waals surface area contributed by atoms with Crippen LogP contribution in [0.2, 0.25) is 5.02 Å². The fourth-order valence-electron chi connectivity index (χ4n) is 2.29. The number of carbonyl (C=O) groups is 1. The Labute approximate surface area is 107 Å². The van der Waals surface area contributed by atoms with Gasteiger partial charge in [0.15, 0.2) is 6.29 Å². The van der Waals surface area contributed by atoms with E-state index in [1.165, 1.54) is 0 Å². The highest BCUT2D eigenvalue weighted by Gasteiger charge is 2.25. The number of rotatable bonds is 3. The van der Waals surface area contributed by atoms with Crippen LogP contribution in [0.3, 0.4) is 0 Å². The van der Waals surface area contributed by atoms with Gasteiger partial charge in [-0.05, 0) is 38.7 Å². The second kappa shape index (κ2) is 5.07. The van der Waals surface area contributed by atoms with E-state index in [-0.39, 0.29) is 0 Å². The minimum absolute atomic E-state index is 0.560. The molecule has 0 saturated carbocycles. The lowest BCUT2D eigenvalue weighted by Crippen LogP contribution is -2.31. The van der Waals surface area contributed by atoms with Gasteiger partial charge < -0.3 is 9.80 Å². The van der Waals surface area contributed by atoms with Crippen LogP contribution in [-0.4, -0.2) is 44.4 Å². The average molecular weight is 253 g/mol. The molecule has 2 rings (SSSR count). The molecule has 0 amide bonds. The van der Waals surface area contributed by atoms with E-state index in [9.17, 15) is 4.79 Å². The molecule has 0 N–H and O–H groups in total. The topological polar surface area (TPSA) is 23.6 Å². The minimum Gasteiger partial charge on any atom is -0.369 e. The van der Waals surface area contributed by atoms with Crippen LogP contribution < -0.4 is 4.90 Å². The standard InChI is InChI=1S/C13H17ClN2O/c1-15(2)12-5-6-16(8-12)13-4-3-11(14)7-10(13)9-17/h3-4,7,9,12H,5-6,8H2,1-2H3. The van der Waals surface area contributed by atoms with E-state index in [2.05, 4.69) is 23.9 Å². The number of aldehydes is 1. The van der Waals surface area contributed by atoms with Crippen molar-refractivity contribution < 1.29 is 4.79 Å². The summed E-state index contributed by atoms with van der Waals surface area (Å²) in [6, 6.07) is 6.06. The van der Waals surface area contributed by atoms with E-state index in [0.29, 0.717) is 16.6 Å². The summed E-state index contributed by atoms with van der Waals surface area (Å²) in [6.07, 6.45) is 2.01. The second-order valence-electron chi connectivity index (χ2n) is 4.67. The molecule has 92 valence electrons. The largest absolute Gasteiger partial charge is 0.369 e. The van der Waals surface area contributed by atoms with Crippen molar-refractivity contribution in [2.45, 2.75) is 12.5 Å². The zero-order valence-electron chi connectivity index (χ0n) is 10.2. The van der Waals surface area contributed by atoms with Crippen LogP contribution in [-0.2, 0) is 0 Å². The van der Waals surface area contributed by atoms with Crippen LogP contribution in [0.15, 0.2) is 18.2 Å². The van der Waals surface area contributed by atoms with Gasteiger partial charge in [-0.2, -0.15) is 0 Å². The van der Waals surface area contributed by atoms with Crippen molar-refractivity contribution in [2.75, 3.05) is 32.1 Å². The molecule has 1 aliphatic rings. The summed E-state index contributed by atoms with van der Waals surface area (Å²) in [7, 11) is 4.19. The van der Waals surface area contributed by atoms with Gasteiger partial charge in [0.05, 0.1) is 0 Å². The van der Waals surface area contributed by atoms with Crippen molar-refractivity contribution in [1.29, 1.82) is 0 Å². The molecule has 1 unspecified atom stereocenters. The molecule has 1 atom stereocenters. The van der Waals surface area contributed by atoms with Gasteiger partial charge in [0, 0.05) is 35.4 Å². The van der Waals surface area contributed by atoms with Crippen LogP contribution in [0.1, 0.15) is 16.8 Å². The second-order valence-corrected chi connectivity index (χ2v) is 5.11. The number of hydrogen-bond donors (Lipinski definition) is 0. The maximum absolute atomic E-state index is 11.1. The summed E-state index contributed by atoms with van der Waals surface area (Å²) >= 11 is 5.90. The summed E-state index contributed by atoms with van der Waals surface area (Å²) in [5.74, 6) is 0. The van der Waals surface area contributed by atoms with E-state index in [0.717, 1.165) is 31.5 Å². The molecule has 0 bridgehead atoms. The lowest BCUT2D eigenvalue weighted by molar-refractivity contribution is 0.112. The van der Waals surface area contributed by atoms with Gasteiger partial charge in [-0.1, -0.05) is 11.6 Å². The summed E-state index contributed by atoms with van der Waals surface area (Å²) < 4.78 is 0. The summed E-state index contributed by atoms with van der Waals surface area (Å²) in [6.45, 7) is 1.96. The quantitative estimate of drug-likeness (QED) is 0.772. The van der Waals surface area contributed by atoms with Crippen LogP contribution in [0, 0.1) is 0 Å². The Hall–Kier alpha value is -1.06. The predicted octanol–water partition coefficient (Wildman–Crippen LogP) is 2.29. The van der Waals surface area contributed by atoms with Gasteiger partial charge in [-0.25, -0.2) is 0 Å². The van der Waals surface area contributed by atoms with Gasteiger partial charge in [0.1, 0.15) is 0 Å². The number of likely N-dealkylation sites (N-methyl/N-ethyl adjacent to an activating group) is 1. The molecule has 0 radical (unpaired) electrons. The van der Waals surface area contributed by atoms with Crippen LogP contribution in [0.5, 0.6) is 0 Å². The number of anilines is 1. The Balaban J connectivity index is 2.21. The summed E-state index contributed by atoms with van der Waals surface area (Å²) in [4.78, 5) is 15.5. The predicted molar refractivity (Wildman–Crippen MR) is 71.1 cm³/mol. The number of hydrogen-bond acceptors (Lipinski definition) is 3. The molecule has 1 heterocycles. The zero-order chi connectivity index (χ0) is 12.4. The molecule has 3 nitrogen and oxygen atoms in total. The van der Waals surface area contributed by atoms with Crippen molar-refractivity contribution in [2.24, 2.45) is 0 Å². The average Bonchev–Trinajstić information content (AvgIpc) is 2.78. The molecule has 0 aliphatic carbocycles. The molecule has 17 heavy (non-hydrogen) atoms. The highest BCUT2D eigenvalue weighted by Crippen LogP contribution is 2.27. The fourth-order valence-corrected chi connectivity index (χ4v) is 2.47.